The van der Waals surface area contributed by atoms with Gasteiger partial charge in [-0.2, -0.15) is 0 Å². The largest absolute Gasteiger partial charge is 0.374 e. The SMILES string of the molecule is Cc1cnc(-c2ccnc(N3C[C@@H]4C[C@H]3CO4)c2F)c(F)c1-n1c(C)cc([C@H]2C[C@@H]2c2cncc(F)c2)c(Cl)c1=O. The Kier molecular flexibility index (Phi) is 6.17. The van der Waals surface area contributed by atoms with Crippen LogP contribution in [0.25, 0.3) is 16.9 Å². The minimum atomic E-state index is -0.837. The molecule has 0 amide bonds. The first-order chi connectivity index (χ1) is 19.7. The molecule has 210 valence electrons. The number of anilines is 1. The number of morpholine rings is 1. The zero-order chi connectivity index (χ0) is 28.6. The smallest absolute Gasteiger partial charge is 0.274 e. The summed E-state index contributed by atoms with van der Waals surface area (Å²) in [6.07, 6.45) is 7.12. The fourth-order valence-corrected chi connectivity index (χ4v) is 6.60. The summed E-state index contributed by atoms with van der Waals surface area (Å²) in [6, 6.07) is 4.60. The van der Waals surface area contributed by atoms with Crippen molar-refractivity contribution in [2.24, 2.45) is 0 Å². The fraction of sp³-hybridized carbons (Fsp3) is 0.333. The lowest BCUT2D eigenvalue weighted by atomic mass is 10.0. The molecule has 0 N–H and O–H groups in total. The zero-order valence-electron chi connectivity index (χ0n) is 22.2. The number of pyridine rings is 4. The lowest BCUT2D eigenvalue weighted by Gasteiger charge is -2.28. The summed E-state index contributed by atoms with van der Waals surface area (Å²) < 4.78 is 52.7. The van der Waals surface area contributed by atoms with E-state index in [0.717, 1.165) is 18.2 Å². The summed E-state index contributed by atoms with van der Waals surface area (Å²) in [7, 11) is 0. The third-order valence-electron chi connectivity index (χ3n) is 8.40. The fourth-order valence-electron chi connectivity index (χ4n) is 6.32. The van der Waals surface area contributed by atoms with Gasteiger partial charge in [-0.05, 0) is 73.4 Å². The molecule has 7 nitrogen and oxygen atoms in total. The van der Waals surface area contributed by atoms with Gasteiger partial charge in [-0.1, -0.05) is 11.6 Å². The van der Waals surface area contributed by atoms with E-state index in [1.165, 1.54) is 29.1 Å². The maximum absolute atomic E-state index is 16.3. The molecule has 0 spiro atoms. The van der Waals surface area contributed by atoms with Gasteiger partial charge in [0.1, 0.15) is 16.5 Å². The molecule has 41 heavy (non-hydrogen) atoms. The molecule has 0 radical (unpaired) electrons. The van der Waals surface area contributed by atoms with Crippen LogP contribution in [0, 0.1) is 31.3 Å². The third-order valence-corrected chi connectivity index (χ3v) is 8.78. The van der Waals surface area contributed by atoms with Gasteiger partial charge >= 0.3 is 0 Å². The van der Waals surface area contributed by atoms with Crippen LogP contribution >= 0.6 is 11.6 Å². The van der Waals surface area contributed by atoms with E-state index in [4.69, 9.17) is 16.3 Å². The Labute approximate surface area is 238 Å². The first-order valence-electron chi connectivity index (χ1n) is 13.4. The maximum Gasteiger partial charge on any atom is 0.274 e. The van der Waals surface area contributed by atoms with Gasteiger partial charge < -0.3 is 9.64 Å². The molecule has 1 saturated carbocycles. The molecule has 3 aliphatic rings. The zero-order valence-corrected chi connectivity index (χ0v) is 23.0. The standard InChI is InChI=1S/C30H25ClF3N5O2/c1-14-9-37-27(20-3-4-36-29(25(20)33)38-12-19-7-18(38)13-41-19)26(34)28(14)39-15(2)5-23(24(31)30(39)40)22-8-21(22)16-6-17(32)11-35-10-16/h3-6,9-11,18-19,21-22H,7-8,12-13H2,1-2H3/t18-,19-,21+,22-/m0/s1. The van der Waals surface area contributed by atoms with Gasteiger partial charge in [-0.25, -0.2) is 18.2 Å². The normalized spacial score (nSPS) is 22.9. The van der Waals surface area contributed by atoms with Crippen molar-refractivity contribution >= 4 is 17.4 Å². The number of fused-ring (bicyclic) bond motifs is 2. The molecule has 0 aromatic carbocycles. The van der Waals surface area contributed by atoms with Crippen LogP contribution in [0.2, 0.25) is 5.02 Å². The number of nitrogens with zero attached hydrogens (tertiary/aromatic N) is 5. The third kappa shape index (κ3) is 4.23. The molecule has 2 aliphatic heterocycles. The number of aromatic nitrogens is 4. The quantitative estimate of drug-likeness (QED) is 0.305. The Hall–Kier alpha value is -3.76. The van der Waals surface area contributed by atoms with E-state index in [9.17, 15) is 9.18 Å². The maximum atomic E-state index is 16.3. The number of halogens is 4. The Morgan fingerprint density at radius 3 is 2.59 bits per heavy atom. The van der Waals surface area contributed by atoms with Gasteiger partial charge in [0.15, 0.2) is 17.5 Å². The molecular formula is C30H25ClF3N5O2. The minimum Gasteiger partial charge on any atom is -0.374 e. The molecule has 2 saturated heterocycles. The first kappa shape index (κ1) is 26.2. The highest BCUT2D eigenvalue weighted by atomic mass is 35.5. The molecule has 1 aliphatic carbocycles. The van der Waals surface area contributed by atoms with Crippen molar-refractivity contribution in [1.82, 2.24) is 19.5 Å². The Bertz CT molecular complexity index is 1780. The molecule has 4 aromatic rings. The van der Waals surface area contributed by atoms with Crippen LogP contribution in [0.1, 0.15) is 47.1 Å². The van der Waals surface area contributed by atoms with E-state index in [0.29, 0.717) is 36.4 Å². The van der Waals surface area contributed by atoms with E-state index in [-0.39, 0.29) is 51.8 Å². The second kappa shape index (κ2) is 9.66. The summed E-state index contributed by atoms with van der Waals surface area (Å²) in [6.45, 7) is 4.34. The second-order valence-corrected chi connectivity index (χ2v) is 11.4. The van der Waals surface area contributed by atoms with Crippen LogP contribution in [0.5, 0.6) is 0 Å². The summed E-state index contributed by atoms with van der Waals surface area (Å²) in [5.74, 6) is -1.90. The van der Waals surface area contributed by atoms with Crippen molar-refractivity contribution in [1.29, 1.82) is 0 Å². The number of ether oxygens (including phenoxy) is 1. The summed E-state index contributed by atoms with van der Waals surface area (Å²) in [4.78, 5) is 27.9. The highest BCUT2D eigenvalue weighted by molar-refractivity contribution is 6.31. The van der Waals surface area contributed by atoms with E-state index in [1.54, 1.807) is 26.1 Å². The van der Waals surface area contributed by atoms with Crippen molar-refractivity contribution < 1.29 is 17.9 Å². The van der Waals surface area contributed by atoms with Gasteiger partial charge in [0.2, 0.25) is 0 Å². The summed E-state index contributed by atoms with van der Waals surface area (Å²) in [5, 5.41) is -0.0340. The number of hydrogen-bond donors (Lipinski definition) is 0. The number of rotatable bonds is 5. The molecule has 7 rings (SSSR count). The predicted molar refractivity (Wildman–Crippen MR) is 147 cm³/mol. The van der Waals surface area contributed by atoms with Crippen LogP contribution in [0.3, 0.4) is 0 Å². The van der Waals surface area contributed by atoms with Gasteiger partial charge in [0.05, 0.1) is 30.6 Å². The highest BCUT2D eigenvalue weighted by Crippen LogP contribution is 2.55. The molecule has 3 fully saturated rings. The van der Waals surface area contributed by atoms with E-state index in [1.807, 2.05) is 4.90 Å². The van der Waals surface area contributed by atoms with Crippen molar-refractivity contribution in [3.63, 3.8) is 0 Å². The van der Waals surface area contributed by atoms with E-state index >= 15 is 8.78 Å². The van der Waals surface area contributed by atoms with Crippen LogP contribution in [-0.4, -0.2) is 44.8 Å². The van der Waals surface area contributed by atoms with E-state index in [2.05, 4.69) is 15.0 Å². The topological polar surface area (TPSA) is 73.1 Å². The Morgan fingerprint density at radius 1 is 1.02 bits per heavy atom. The Morgan fingerprint density at radius 2 is 1.85 bits per heavy atom. The second-order valence-electron chi connectivity index (χ2n) is 11.0. The molecule has 0 unspecified atom stereocenters. The van der Waals surface area contributed by atoms with E-state index < -0.39 is 23.0 Å². The van der Waals surface area contributed by atoms with Gasteiger partial charge in [0.25, 0.3) is 5.56 Å². The average molecular weight is 580 g/mol. The van der Waals surface area contributed by atoms with Crippen LogP contribution in [0.4, 0.5) is 19.0 Å². The van der Waals surface area contributed by atoms with Crippen molar-refractivity contribution in [2.75, 3.05) is 18.1 Å². The monoisotopic (exact) mass is 579 g/mol. The molecule has 4 atom stereocenters. The number of aryl methyl sites for hydroxylation is 2. The molecular weight excluding hydrogens is 555 g/mol. The van der Waals surface area contributed by atoms with Crippen molar-refractivity contribution in [3.05, 3.63) is 98.2 Å². The highest BCUT2D eigenvalue weighted by Gasteiger charge is 2.43. The van der Waals surface area contributed by atoms with Crippen LogP contribution in [-0.2, 0) is 4.74 Å². The molecule has 2 bridgehead atoms. The van der Waals surface area contributed by atoms with Gasteiger partial charge in [0, 0.05) is 36.4 Å². The Balaban J connectivity index is 1.28. The number of hydrogen-bond acceptors (Lipinski definition) is 6. The lowest BCUT2D eigenvalue weighted by Crippen LogP contribution is -2.38. The van der Waals surface area contributed by atoms with Crippen molar-refractivity contribution in [2.45, 2.75) is 50.7 Å². The summed E-state index contributed by atoms with van der Waals surface area (Å²) in [5.41, 5.74) is 1.31. The van der Waals surface area contributed by atoms with Gasteiger partial charge in [-0.15, -0.1) is 0 Å². The van der Waals surface area contributed by atoms with Crippen LogP contribution in [0.15, 0.2) is 47.8 Å². The predicted octanol–water partition coefficient (Wildman–Crippen LogP) is 5.63. The lowest BCUT2D eigenvalue weighted by molar-refractivity contribution is 0.0986. The van der Waals surface area contributed by atoms with Gasteiger partial charge in [-0.3, -0.25) is 19.3 Å². The molecule has 6 heterocycles. The van der Waals surface area contributed by atoms with Crippen LogP contribution < -0.4 is 10.5 Å². The first-order valence-corrected chi connectivity index (χ1v) is 13.8. The molecule has 4 aromatic heterocycles. The summed E-state index contributed by atoms with van der Waals surface area (Å²) >= 11 is 6.61. The molecule has 11 heteroatoms. The minimum absolute atomic E-state index is 0.0161. The van der Waals surface area contributed by atoms with Crippen molar-refractivity contribution in [3.8, 4) is 16.9 Å². The average Bonchev–Trinajstić information content (AvgIpc) is 3.45.